The molecule has 0 spiro atoms. The molecule has 0 rings (SSSR count). The van der Waals surface area contributed by atoms with E-state index in [1.165, 1.54) is 0 Å². The lowest BCUT2D eigenvalue weighted by atomic mass is 9.70. The first kappa shape index (κ1) is 19.2. The molecule has 0 unspecified atom stereocenters. The van der Waals surface area contributed by atoms with Crippen LogP contribution in [0, 0.1) is 0 Å². The predicted molar refractivity (Wildman–Crippen MR) is 68.1 cm³/mol. The number of Topliss-reactive ketones (excluding diaryl/α,β-unsaturated/α-hetero) is 2. The van der Waals surface area contributed by atoms with Crippen LogP contribution in [0.2, 0.25) is 0 Å². The van der Waals surface area contributed by atoms with E-state index in [1.54, 1.807) is 0 Å². The molecule has 9 heteroatoms. The lowest BCUT2D eigenvalue weighted by Gasteiger charge is -2.44. The maximum absolute atomic E-state index is 11.8. The molecule has 0 aliphatic rings. The summed E-state index contributed by atoms with van der Waals surface area (Å²) in [5, 5.41) is 29.9. The Morgan fingerprint density at radius 2 is 1.38 bits per heavy atom. The second kappa shape index (κ2) is 6.29. The number of carbonyl (C=O) groups excluding carboxylic acids is 3. The van der Waals surface area contributed by atoms with Gasteiger partial charge in [-0.2, -0.15) is 0 Å². The van der Waals surface area contributed by atoms with Gasteiger partial charge in [-0.3, -0.25) is 14.4 Å². The van der Waals surface area contributed by atoms with E-state index < -0.39 is 46.9 Å². The van der Waals surface area contributed by atoms with Gasteiger partial charge in [0.2, 0.25) is 11.7 Å². The van der Waals surface area contributed by atoms with E-state index in [2.05, 4.69) is 4.74 Å². The fourth-order valence-corrected chi connectivity index (χ4v) is 2.07. The van der Waals surface area contributed by atoms with Crippen LogP contribution >= 0.6 is 0 Å². The molecule has 0 heterocycles. The molecular weight excluding hydrogens is 286 g/mol. The van der Waals surface area contributed by atoms with E-state index in [1.807, 2.05) is 0 Å². The first-order valence-electron chi connectivity index (χ1n) is 5.95. The molecule has 21 heavy (non-hydrogen) atoms. The number of hydrogen-bond acceptors (Lipinski definition) is 8. The van der Waals surface area contributed by atoms with Crippen LogP contribution in [0.4, 0.5) is 0 Å². The quantitative estimate of drug-likeness (QED) is 0.389. The smallest absolute Gasteiger partial charge is 0.348 e. The number of aliphatic hydroxyl groups is 2. The summed E-state index contributed by atoms with van der Waals surface area (Å²) in [6.07, 6.45) is -2.49. The van der Waals surface area contributed by atoms with E-state index in [9.17, 15) is 29.4 Å². The van der Waals surface area contributed by atoms with Gasteiger partial charge in [-0.15, -0.1) is 0 Å². The fraction of sp³-hybridized carbons (Fsp3) is 0.667. The summed E-state index contributed by atoms with van der Waals surface area (Å²) in [4.78, 5) is 45.7. The number of carboxylic acids is 1. The Morgan fingerprint density at radius 1 is 1.00 bits per heavy atom. The molecule has 0 aromatic carbocycles. The number of esters is 1. The van der Waals surface area contributed by atoms with Crippen LogP contribution in [0.15, 0.2) is 0 Å². The van der Waals surface area contributed by atoms with Crippen molar-refractivity contribution in [3.63, 3.8) is 0 Å². The maximum Gasteiger partial charge on any atom is 0.348 e. The number of carboxylic acid groups (broad SMARTS) is 1. The fourth-order valence-electron chi connectivity index (χ4n) is 2.07. The van der Waals surface area contributed by atoms with Gasteiger partial charge in [0.15, 0.2) is 17.2 Å². The molecule has 4 atom stereocenters. The lowest BCUT2D eigenvalue weighted by molar-refractivity contribution is -0.220. The van der Waals surface area contributed by atoms with Crippen LogP contribution < -0.4 is 5.73 Å². The van der Waals surface area contributed by atoms with Gasteiger partial charge in [-0.25, -0.2) is 4.79 Å². The zero-order chi connectivity index (χ0) is 17.2. The van der Waals surface area contributed by atoms with Gasteiger partial charge >= 0.3 is 11.9 Å². The summed E-state index contributed by atoms with van der Waals surface area (Å²) in [6, 6.07) is -1.51. The minimum atomic E-state index is -3.23. The summed E-state index contributed by atoms with van der Waals surface area (Å²) in [5.74, 6) is -5.47. The molecule has 0 aliphatic carbocycles. The third-order valence-electron chi connectivity index (χ3n) is 3.20. The second-order valence-electron chi connectivity index (χ2n) is 4.76. The topological polar surface area (TPSA) is 164 Å². The highest BCUT2D eigenvalue weighted by molar-refractivity contribution is 6.02. The van der Waals surface area contributed by atoms with Gasteiger partial charge in [0.05, 0.1) is 0 Å². The summed E-state index contributed by atoms with van der Waals surface area (Å²) in [5.41, 5.74) is -0.731. The van der Waals surface area contributed by atoms with Gasteiger partial charge in [0.25, 0.3) is 0 Å². The average molecular weight is 305 g/mol. The maximum atomic E-state index is 11.8. The van der Waals surface area contributed by atoms with Crippen molar-refractivity contribution in [2.75, 3.05) is 0 Å². The van der Waals surface area contributed by atoms with Crippen LogP contribution in [-0.4, -0.2) is 62.2 Å². The Kier molecular flexibility index (Phi) is 5.74. The standard InChI is InChI=1S/C12H19NO8/c1-5(13)11(19,6(2)14)12(20,7(3)15)9(10(17)18)21-8(4)16/h5,9,19-20H,13H2,1-4H3,(H,17,18)/t5-,9+,11+,12-/m1/s1. The Balaban J connectivity index is 6.37. The van der Waals surface area contributed by atoms with Crippen LogP contribution in [-0.2, 0) is 23.9 Å². The summed E-state index contributed by atoms with van der Waals surface area (Å²) in [6.45, 7) is 3.51. The first-order chi connectivity index (χ1) is 9.33. The minimum absolute atomic E-state index is 0.746. The molecule has 0 bridgehead atoms. The van der Waals surface area contributed by atoms with Gasteiger partial charge in [-0.05, 0) is 20.8 Å². The van der Waals surface area contributed by atoms with E-state index in [0.717, 1.165) is 27.7 Å². The van der Waals surface area contributed by atoms with Gasteiger partial charge in [0, 0.05) is 13.0 Å². The van der Waals surface area contributed by atoms with E-state index in [-0.39, 0.29) is 0 Å². The molecule has 0 radical (unpaired) electrons. The molecule has 0 aromatic heterocycles. The monoisotopic (exact) mass is 305 g/mol. The van der Waals surface area contributed by atoms with Crippen molar-refractivity contribution in [3.05, 3.63) is 0 Å². The third kappa shape index (κ3) is 3.09. The highest BCUT2D eigenvalue weighted by Gasteiger charge is 2.66. The molecule has 0 saturated carbocycles. The van der Waals surface area contributed by atoms with E-state index in [4.69, 9.17) is 10.8 Å². The Labute approximate surface area is 120 Å². The number of hydrogen-bond donors (Lipinski definition) is 4. The van der Waals surface area contributed by atoms with Crippen molar-refractivity contribution in [1.29, 1.82) is 0 Å². The van der Waals surface area contributed by atoms with Gasteiger partial charge in [-0.1, -0.05) is 0 Å². The van der Waals surface area contributed by atoms with Gasteiger partial charge in [0.1, 0.15) is 0 Å². The first-order valence-corrected chi connectivity index (χ1v) is 5.95. The second-order valence-corrected chi connectivity index (χ2v) is 4.76. The molecule has 120 valence electrons. The van der Waals surface area contributed by atoms with Crippen molar-refractivity contribution in [2.24, 2.45) is 5.73 Å². The van der Waals surface area contributed by atoms with E-state index >= 15 is 0 Å². The predicted octanol–water partition coefficient (Wildman–Crippen LogP) is -2.01. The Morgan fingerprint density at radius 3 is 1.57 bits per heavy atom. The SMILES string of the molecule is CC(=O)O[C@@H](C(=O)O)[C@](O)(C(C)=O)[C@@](O)(C(C)=O)[C@@H](C)N. The molecular formula is C12H19NO8. The Bertz CT molecular complexity index is 474. The zero-order valence-corrected chi connectivity index (χ0v) is 12.1. The van der Waals surface area contributed by atoms with Crippen LogP contribution in [0.25, 0.3) is 0 Å². The van der Waals surface area contributed by atoms with Crippen molar-refractivity contribution in [2.45, 2.75) is 51.0 Å². The molecule has 0 saturated heterocycles. The number of ether oxygens (including phenoxy) is 1. The molecule has 0 amide bonds. The molecule has 0 aliphatic heterocycles. The molecule has 0 aromatic rings. The van der Waals surface area contributed by atoms with E-state index in [0.29, 0.717) is 0 Å². The molecule has 9 nitrogen and oxygen atoms in total. The number of rotatable bonds is 7. The molecule has 5 N–H and O–H groups in total. The normalized spacial score (nSPS) is 19.6. The van der Waals surface area contributed by atoms with Crippen molar-refractivity contribution < 1.29 is 39.2 Å². The zero-order valence-electron chi connectivity index (χ0n) is 12.1. The van der Waals surface area contributed by atoms with Crippen LogP contribution in [0.3, 0.4) is 0 Å². The largest absolute Gasteiger partial charge is 0.478 e. The van der Waals surface area contributed by atoms with Crippen LogP contribution in [0.1, 0.15) is 27.7 Å². The third-order valence-corrected chi connectivity index (χ3v) is 3.20. The van der Waals surface area contributed by atoms with Gasteiger partial charge < -0.3 is 25.8 Å². The van der Waals surface area contributed by atoms with Crippen molar-refractivity contribution >= 4 is 23.5 Å². The number of ketones is 2. The average Bonchev–Trinajstić information content (AvgIpc) is 2.32. The number of aliphatic carboxylic acids is 1. The summed E-state index contributed by atoms with van der Waals surface area (Å²) in [7, 11) is 0. The van der Waals surface area contributed by atoms with Crippen LogP contribution in [0.5, 0.6) is 0 Å². The highest BCUT2D eigenvalue weighted by Crippen LogP contribution is 2.33. The number of carbonyl (C=O) groups is 4. The lowest BCUT2D eigenvalue weighted by Crippen LogP contribution is -2.75. The van der Waals surface area contributed by atoms with Crippen molar-refractivity contribution in [3.8, 4) is 0 Å². The summed E-state index contributed by atoms with van der Waals surface area (Å²) < 4.78 is 4.41. The minimum Gasteiger partial charge on any atom is -0.478 e. The summed E-state index contributed by atoms with van der Waals surface area (Å²) >= 11 is 0. The number of nitrogens with two attached hydrogens (primary N) is 1. The molecule has 0 fully saturated rings. The van der Waals surface area contributed by atoms with Crippen molar-refractivity contribution in [1.82, 2.24) is 0 Å². The Hall–Kier alpha value is -1.84. The highest BCUT2D eigenvalue weighted by atomic mass is 16.6.